The zero-order valence-corrected chi connectivity index (χ0v) is 19.4. The second-order valence-corrected chi connectivity index (χ2v) is 15.1. The van der Waals surface area contributed by atoms with Crippen molar-refractivity contribution in [1.29, 1.82) is 0 Å². The van der Waals surface area contributed by atoms with E-state index in [0.717, 1.165) is 83.0 Å². The smallest absolute Gasteiger partial charge is 0.158 e. The first-order valence-corrected chi connectivity index (χ1v) is 14.9. The van der Waals surface area contributed by atoms with Crippen LogP contribution in [0.25, 0.3) is 0 Å². The average Bonchev–Trinajstić information content (AvgIpc) is 3.43. The van der Waals surface area contributed by atoms with E-state index in [1.54, 1.807) is 0 Å². The first-order valence-electron chi connectivity index (χ1n) is 11.3. The number of Topliss-reactive ketones (excluding diaryl/α,β-unsaturated/α-hetero) is 1. The molecule has 1 fully saturated rings. The predicted octanol–water partition coefficient (Wildman–Crippen LogP) is 2.78. The third-order valence-corrected chi connectivity index (χ3v) is 11.7. The van der Waals surface area contributed by atoms with Gasteiger partial charge in [0.25, 0.3) is 0 Å². The Kier molecular flexibility index (Phi) is 3.49. The average molecular weight is 469 g/mol. The van der Waals surface area contributed by atoms with Crippen LogP contribution in [0.3, 0.4) is 0 Å². The van der Waals surface area contributed by atoms with Crippen LogP contribution < -0.4 is 0 Å². The fourth-order valence-corrected chi connectivity index (χ4v) is 10.5. The molecule has 0 aromatic heterocycles. The molecule has 1 saturated carbocycles. The van der Waals surface area contributed by atoms with E-state index in [4.69, 9.17) is 0 Å². The van der Waals surface area contributed by atoms with Crippen molar-refractivity contribution in [3.63, 3.8) is 0 Å². The Bertz CT molecular complexity index is 1290. The van der Waals surface area contributed by atoms with Gasteiger partial charge in [0, 0.05) is 10.8 Å². The molecule has 166 valence electrons. The minimum Gasteiger partial charge on any atom is -0.298 e. The summed E-state index contributed by atoms with van der Waals surface area (Å²) >= 11 is 0. The predicted molar refractivity (Wildman–Crippen MR) is 119 cm³/mol. The Morgan fingerprint density at radius 2 is 0.781 bits per heavy atom. The topological polar surface area (TPSA) is 85.3 Å². The molecule has 5 nitrogen and oxygen atoms in total. The molecule has 2 spiro atoms. The lowest BCUT2D eigenvalue weighted by Crippen LogP contribution is -2.37. The van der Waals surface area contributed by atoms with E-state index in [-0.39, 0.29) is 33.8 Å². The van der Waals surface area contributed by atoms with Gasteiger partial charge in [-0.05, 0) is 83.0 Å². The fourth-order valence-electron chi connectivity index (χ4n) is 7.35. The molecular weight excluding hydrogens is 444 g/mol. The van der Waals surface area contributed by atoms with E-state index in [2.05, 4.69) is 24.3 Å². The maximum atomic E-state index is 14.0. The van der Waals surface area contributed by atoms with Crippen LogP contribution in [0.5, 0.6) is 0 Å². The molecule has 2 aromatic rings. The maximum Gasteiger partial charge on any atom is 0.158 e. The molecule has 32 heavy (non-hydrogen) atoms. The van der Waals surface area contributed by atoms with Gasteiger partial charge in [-0.1, -0.05) is 24.3 Å². The third-order valence-electron chi connectivity index (χ3n) is 8.71. The molecule has 0 bridgehead atoms. The van der Waals surface area contributed by atoms with Gasteiger partial charge in [-0.25, -0.2) is 16.8 Å². The van der Waals surface area contributed by atoms with Gasteiger partial charge in [0.15, 0.2) is 19.7 Å². The summed E-state index contributed by atoms with van der Waals surface area (Å²) in [5.41, 5.74) is 7.58. The summed E-state index contributed by atoms with van der Waals surface area (Å²) in [5.74, 6) is 0.858. The molecule has 7 rings (SSSR count). The summed E-state index contributed by atoms with van der Waals surface area (Å²) in [6.07, 6.45) is 4.66. The van der Waals surface area contributed by atoms with E-state index < -0.39 is 19.7 Å². The molecule has 0 N–H and O–H groups in total. The van der Waals surface area contributed by atoms with Crippen LogP contribution in [-0.4, -0.2) is 22.6 Å². The number of fused-ring (bicyclic) bond motifs is 4. The van der Waals surface area contributed by atoms with Gasteiger partial charge in [-0.15, -0.1) is 0 Å². The Morgan fingerprint density at radius 1 is 0.500 bits per heavy atom. The lowest BCUT2D eigenvalue weighted by atomic mass is 9.74. The van der Waals surface area contributed by atoms with Crippen molar-refractivity contribution in [1.82, 2.24) is 0 Å². The number of carbonyl (C=O) groups excluding carboxylic acids is 1. The van der Waals surface area contributed by atoms with Crippen molar-refractivity contribution in [2.75, 3.05) is 0 Å². The van der Waals surface area contributed by atoms with Gasteiger partial charge in [-0.2, -0.15) is 0 Å². The van der Waals surface area contributed by atoms with E-state index in [9.17, 15) is 21.6 Å². The zero-order valence-electron chi connectivity index (χ0n) is 17.7. The molecule has 2 aromatic carbocycles. The van der Waals surface area contributed by atoms with Crippen molar-refractivity contribution in [2.45, 2.75) is 61.5 Å². The van der Waals surface area contributed by atoms with E-state index in [1.807, 2.05) is 0 Å². The fraction of sp³-hybridized carbons (Fsp3) is 0.480. The number of carbonyl (C=O) groups is 1. The molecule has 5 aliphatic rings. The molecule has 0 radical (unpaired) electrons. The van der Waals surface area contributed by atoms with Crippen molar-refractivity contribution < 1.29 is 21.6 Å². The van der Waals surface area contributed by atoms with Gasteiger partial charge in [0.2, 0.25) is 0 Å². The summed E-state index contributed by atoms with van der Waals surface area (Å²) in [4.78, 5) is 14.0. The molecule has 0 atom stereocenters. The number of benzene rings is 2. The van der Waals surface area contributed by atoms with Crippen molar-refractivity contribution in [3.8, 4) is 0 Å². The SMILES string of the molecule is O=C1C2(CCC13Cc1cc4c(cc1C3)CS(=O)(=O)C4)Cc1cc3c(cc1C2)CS(=O)(=O)C3. The van der Waals surface area contributed by atoms with E-state index >= 15 is 0 Å². The minimum atomic E-state index is -3.03. The van der Waals surface area contributed by atoms with Crippen molar-refractivity contribution in [2.24, 2.45) is 10.8 Å². The molecular formula is C25H24O5S2. The molecule has 0 saturated heterocycles. The summed E-state index contributed by atoms with van der Waals surface area (Å²) in [7, 11) is -6.05. The second kappa shape index (κ2) is 5.73. The first-order chi connectivity index (χ1) is 15.1. The number of ketones is 1. The van der Waals surface area contributed by atoms with Crippen LogP contribution >= 0.6 is 0 Å². The Hall–Kier alpha value is -1.99. The highest BCUT2D eigenvalue weighted by atomic mass is 32.2. The summed E-state index contributed by atoms with van der Waals surface area (Å²) in [5, 5.41) is 0. The standard InChI is InChI=1S/C25H24O5S2/c26-23-24(7-15-3-19-11-31(27,28)12-20(19)4-16(15)8-24)1-2-25(23)9-17-5-21-13-32(29,30)14-22(21)6-18(17)10-25/h3-6H,1-2,7-14H2. The van der Waals surface area contributed by atoms with Crippen LogP contribution in [0.2, 0.25) is 0 Å². The Labute approximate surface area is 188 Å². The van der Waals surface area contributed by atoms with Crippen molar-refractivity contribution >= 4 is 25.5 Å². The minimum absolute atomic E-state index is 0.121. The Morgan fingerprint density at radius 3 is 1.06 bits per heavy atom. The lowest BCUT2D eigenvalue weighted by molar-refractivity contribution is -0.133. The second-order valence-electron chi connectivity index (χ2n) is 10.9. The molecule has 2 heterocycles. The zero-order chi connectivity index (χ0) is 22.1. The Balaban J connectivity index is 1.19. The van der Waals surface area contributed by atoms with E-state index in [1.165, 1.54) is 0 Å². The van der Waals surface area contributed by atoms with Gasteiger partial charge in [0.1, 0.15) is 5.78 Å². The van der Waals surface area contributed by atoms with Crippen molar-refractivity contribution in [3.05, 3.63) is 68.8 Å². The monoisotopic (exact) mass is 468 g/mol. The maximum absolute atomic E-state index is 14.0. The highest BCUT2D eigenvalue weighted by molar-refractivity contribution is 7.90. The van der Waals surface area contributed by atoms with Gasteiger partial charge < -0.3 is 0 Å². The van der Waals surface area contributed by atoms with E-state index in [0.29, 0.717) is 5.78 Å². The molecule has 2 aliphatic heterocycles. The van der Waals surface area contributed by atoms with Crippen LogP contribution in [0.4, 0.5) is 0 Å². The molecule has 0 unspecified atom stereocenters. The number of rotatable bonds is 0. The molecule has 7 heteroatoms. The normalized spacial score (nSPS) is 26.4. The van der Waals surface area contributed by atoms with Crippen LogP contribution in [0.15, 0.2) is 24.3 Å². The largest absolute Gasteiger partial charge is 0.298 e. The summed E-state index contributed by atoms with van der Waals surface area (Å²) < 4.78 is 48.1. The van der Waals surface area contributed by atoms with Gasteiger partial charge >= 0.3 is 0 Å². The van der Waals surface area contributed by atoms with Crippen LogP contribution in [-0.2, 0) is 73.2 Å². The lowest BCUT2D eigenvalue weighted by Gasteiger charge is -2.26. The first kappa shape index (κ1) is 19.5. The summed E-state index contributed by atoms with van der Waals surface area (Å²) in [6.45, 7) is 0. The molecule has 3 aliphatic carbocycles. The number of hydrogen-bond donors (Lipinski definition) is 0. The van der Waals surface area contributed by atoms with Gasteiger partial charge in [-0.3, -0.25) is 4.79 Å². The number of sulfone groups is 2. The molecule has 0 amide bonds. The highest BCUT2D eigenvalue weighted by Gasteiger charge is 2.59. The third kappa shape index (κ3) is 2.58. The quantitative estimate of drug-likeness (QED) is 0.594. The van der Waals surface area contributed by atoms with Crippen LogP contribution in [0.1, 0.15) is 57.3 Å². The van der Waals surface area contributed by atoms with Crippen LogP contribution in [0, 0.1) is 10.8 Å². The van der Waals surface area contributed by atoms with Gasteiger partial charge in [0.05, 0.1) is 23.0 Å². The highest BCUT2D eigenvalue weighted by Crippen LogP contribution is 2.58. The number of hydrogen-bond acceptors (Lipinski definition) is 5. The summed E-state index contributed by atoms with van der Waals surface area (Å²) in [6, 6.07) is 8.21.